The zero-order chi connectivity index (χ0) is 25.0. The van der Waals surface area contributed by atoms with Gasteiger partial charge in [-0.25, -0.2) is 0 Å². The van der Waals surface area contributed by atoms with Crippen molar-refractivity contribution < 1.29 is 19.4 Å². The standard InChI is InChI=1S/C27H31ClN2O4/c1-5-19(25(29)17(2)31)16-34-23-10-11-24-20(13-23)12-22(14-27(3,4)26(32)33)30(24)15-18-6-8-21(28)9-7-18/h6-13,19,29H,5,14-16H2,1-4H3,(H,32,33)/t19-/m1/s1. The van der Waals surface area contributed by atoms with Gasteiger partial charge in [-0.3, -0.25) is 9.59 Å². The largest absolute Gasteiger partial charge is 0.493 e. The minimum Gasteiger partial charge on any atom is -0.493 e. The molecule has 0 unspecified atom stereocenters. The molecule has 34 heavy (non-hydrogen) atoms. The summed E-state index contributed by atoms with van der Waals surface area (Å²) in [4.78, 5) is 23.4. The highest BCUT2D eigenvalue weighted by atomic mass is 35.5. The highest BCUT2D eigenvalue weighted by Gasteiger charge is 2.29. The molecule has 0 saturated heterocycles. The molecule has 0 radical (unpaired) electrons. The molecule has 0 amide bonds. The number of ether oxygens (including phenoxy) is 1. The first-order chi connectivity index (χ1) is 16.0. The van der Waals surface area contributed by atoms with Crippen LogP contribution in [0.4, 0.5) is 0 Å². The fourth-order valence-electron chi connectivity index (χ4n) is 3.92. The second-order valence-corrected chi connectivity index (χ2v) is 9.76. The molecule has 0 fully saturated rings. The van der Waals surface area contributed by atoms with Crippen molar-refractivity contribution in [2.75, 3.05) is 6.61 Å². The Kier molecular flexibility index (Phi) is 7.82. The molecular formula is C27H31ClN2O4. The van der Waals surface area contributed by atoms with Gasteiger partial charge in [0.25, 0.3) is 0 Å². The number of hydrogen-bond acceptors (Lipinski definition) is 4. The number of carbonyl (C=O) groups excluding carboxylic acids is 1. The maximum absolute atomic E-state index is 11.8. The summed E-state index contributed by atoms with van der Waals surface area (Å²) in [5.41, 5.74) is 2.11. The van der Waals surface area contributed by atoms with Crippen molar-refractivity contribution in [3.63, 3.8) is 0 Å². The zero-order valence-corrected chi connectivity index (χ0v) is 20.8. The number of ketones is 1. The summed E-state index contributed by atoms with van der Waals surface area (Å²) in [6.07, 6.45) is 1.01. The van der Waals surface area contributed by atoms with Crippen molar-refractivity contribution in [3.05, 3.63) is 64.8 Å². The van der Waals surface area contributed by atoms with Gasteiger partial charge < -0.3 is 19.8 Å². The molecule has 0 bridgehead atoms. The minimum atomic E-state index is -0.924. The van der Waals surface area contributed by atoms with Gasteiger partial charge in [0, 0.05) is 47.4 Å². The summed E-state index contributed by atoms with van der Waals surface area (Å²) in [5.74, 6) is -0.696. The van der Waals surface area contributed by atoms with E-state index in [4.69, 9.17) is 21.7 Å². The predicted octanol–water partition coefficient (Wildman–Crippen LogP) is 6.01. The maximum Gasteiger partial charge on any atom is 0.309 e. The van der Waals surface area contributed by atoms with Gasteiger partial charge in [-0.05, 0) is 62.2 Å². The number of rotatable bonds is 11. The third-order valence-corrected chi connectivity index (χ3v) is 6.40. The van der Waals surface area contributed by atoms with Crippen LogP contribution in [-0.2, 0) is 22.6 Å². The number of hydrogen-bond donors (Lipinski definition) is 2. The number of fused-ring (bicyclic) bond motifs is 1. The van der Waals surface area contributed by atoms with Gasteiger partial charge in [-0.2, -0.15) is 0 Å². The van der Waals surface area contributed by atoms with E-state index in [2.05, 4.69) is 4.57 Å². The number of carboxylic acid groups (broad SMARTS) is 1. The molecule has 1 heterocycles. The van der Waals surface area contributed by atoms with Gasteiger partial charge in [0.1, 0.15) is 5.75 Å². The Bertz CT molecular complexity index is 1210. The number of aliphatic carboxylic acids is 1. The fraction of sp³-hybridized carbons (Fsp3) is 0.370. The van der Waals surface area contributed by atoms with Crippen LogP contribution in [0.5, 0.6) is 5.75 Å². The Morgan fingerprint density at radius 3 is 2.41 bits per heavy atom. The van der Waals surface area contributed by atoms with Gasteiger partial charge in [-0.1, -0.05) is 30.7 Å². The van der Waals surface area contributed by atoms with E-state index in [1.54, 1.807) is 13.8 Å². The molecule has 6 nitrogen and oxygen atoms in total. The number of benzene rings is 2. The minimum absolute atomic E-state index is 0.0795. The van der Waals surface area contributed by atoms with Crippen LogP contribution in [0.3, 0.4) is 0 Å². The summed E-state index contributed by atoms with van der Waals surface area (Å²) in [6.45, 7) is 7.62. The molecule has 2 N–H and O–H groups in total. The lowest BCUT2D eigenvalue weighted by Crippen LogP contribution is -2.27. The van der Waals surface area contributed by atoms with Crippen molar-refractivity contribution in [2.45, 2.75) is 47.1 Å². The van der Waals surface area contributed by atoms with Crippen molar-refractivity contribution in [1.82, 2.24) is 4.57 Å². The average Bonchev–Trinajstić information content (AvgIpc) is 3.10. The second-order valence-electron chi connectivity index (χ2n) is 9.32. The number of Topliss-reactive ketones (excluding diaryl/α,β-unsaturated/α-hetero) is 1. The second kappa shape index (κ2) is 10.4. The summed E-state index contributed by atoms with van der Waals surface area (Å²) in [5, 5.41) is 19.3. The third kappa shape index (κ3) is 5.86. The molecule has 1 aromatic heterocycles. The Labute approximate surface area is 205 Å². The first kappa shape index (κ1) is 25.5. The van der Waals surface area contributed by atoms with Crippen molar-refractivity contribution in [2.24, 2.45) is 11.3 Å². The van der Waals surface area contributed by atoms with E-state index >= 15 is 0 Å². The molecule has 0 spiro atoms. The molecule has 1 atom stereocenters. The van der Waals surface area contributed by atoms with E-state index < -0.39 is 11.4 Å². The van der Waals surface area contributed by atoms with E-state index in [9.17, 15) is 14.7 Å². The summed E-state index contributed by atoms with van der Waals surface area (Å²) in [6, 6.07) is 15.4. The topological polar surface area (TPSA) is 92.4 Å². The van der Waals surface area contributed by atoms with Crippen LogP contribution in [0.15, 0.2) is 48.5 Å². The lowest BCUT2D eigenvalue weighted by Gasteiger charge is -2.21. The Hall–Kier alpha value is -3.12. The monoisotopic (exact) mass is 482 g/mol. The van der Waals surface area contributed by atoms with Crippen LogP contribution < -0.4 is 4.74 Å². The van der Waals surface area contributed by atoms with Crippen molar-refractivity contribution in [3.8, 4) is 5.75 Å². The number of halogens is 1. The number of aromatic nitrogens is 1. The van der Waals surface area contributed by atoms with Gasteiger partial charge in [0.2, 0.25) is 0 Å². The smallest absolute Gasteiger partial charge is 0.309 e. The number of nitrogens with zero attached hydrogens (tertiary/aromatic N) is 1. The van der Waals surface area contributed by atoms with Crippen LogP contribution in [0.2, 0.25) is 5.02 Å². The lowest BCUT2D eigenvalue weighted by molar-refractivity contribution is -0.146. The van der Waals surface area contributed by atoms with Gasteiger partial charge in [0.05, 0.1) is 17.7 Å². The number of nitrogens with one attached hydrogen (secondary N) is 1. The van der Waals surface area contributed by atoms with Gasteiger partial charge in [-0.15, -0.1) is 0 Å². The Morgan fingerprint density at radius 2 is 1.82 bits per heavy atom. The molecule has 0 aliphatic rings. The van der Waals surface area contributed by atoms with E-state index in [1.165, 1.54) is 6.92 Å². The van der Waals surface area contributed by atoms with Crippen LogP contribution in [0.25, 0.3) is 10.9 Å². The third-order valence-electron chi connectivity index (χ3n) is 6.15. The molecule has 0 aliphatic carbocycles. The molecule has 0 aliphatic heterocycles. The zero-order valence-electron chi connectivity index (χ0n) is 20.0. The summed E-state index contributed by atoms with van der Waals surface area (Å²) < 4.78 is 8.08. The summed E-state index contributed by atoms with van der Waals surface area (Å²) >= 11 is 6.04. The van der Waals surface area contributed by atoms with E-state index in [0.29, 0.717) is 30.2 Å². The van der Waals surface area contributed by atoms with Crippen LogP contribution in [-0.4, -0.2) is 33.7 Å². The predicted molar refractivity (Wildman–Crippen MR) is 135 cm³/mol. The first-order valence-electron chi connectivity index (χ1n) is 11.3. The quantitative estimate of drug-likeness (QED) is 0.327. The van der Waals surface area contributed by atoms with Crippen LogP contribution in [0, 0.1) is 16.7 Å². The van der Waals surface area contributed by atoms with Crippen molar-refractivity contribution >= 4 is 40.0 Å². The molecule has 0 saturated carbocycles. The molecule has 2 aromatic carbocycles. The normalized spacial score (nSPS) is 12.5. The van der Waals surface area contributed by atoms with Gasteiger partial charge >= 0.3 is 5.97 Å². The van der Waals surface area contributed by atoms with Crippen molar-refractivity contribution in [1.29, 1.82) is 5.41 Å². The lowest BCUT2D eigenvalue weighted by atomic mass is 9.88. The number of carboxylic acids is 1. The average molecular weight is 483 g/mol. The molecule has 3 rings (SSSR count). The SMILES string of the molecule is CC[C@H](COc1ccc2c(c1)cc(CC(C)(C)C(=O)O)n2Cc1ccc(Cl)cc1)C(=N)C(C)=O. The highest BCUT2D eigenvalue weighted by molar-refractivity contribution is 6.38. The number of carbonyl (C=O) groups is 2. The fourth-order valence-corrected chi connectivity index (χ4v) is 4.05. The first-order valence-corrected chi connectivity index (χ1v) is 11.7. The summed E-state index contributed by atoms with van der Waals surface area (Å²) in [7, 11) is 0. The Balaban J connectivity index is 1.95. The highest BCUT2D eigenvalue weighted by Crippen LogP contribution is 2.31. The molecule has 7 heteroatoms. The molecular weight excluding hydrogens is 452 g/mol. The van der Waals surface area contributed by atoms with E-state index in [1.807, 2.05) is 55.5 Å². The Morgan fingerprint density at radius 1 is 1.15 bits per heavy atom. The van der Waals surface area contributed by atoms with Crippen LogP contribution in [0.1, 0.15) is 45.4 Å². The van der Waals surface area contributed by atoms with Gasteiger partial charge in [0.15, 0.2) is 5.78 Å². The molecule has 180 valence electrons. The van der Waals surface area contributed by atoms with E-state index in [-0.39, 0.29) is 24.0 Å². The molecule has 3 aromatic rings. The van der Waals surface area contributed by atoms with Crippen LogP contribution >= 0.6 is 11.6 Å². The maximum atomic E-state index is 11.8. The van der Waals surface area contributed by atoms with E-state index in [0.717, 1.165) is 22.2 Å².